The fourth-order valence-corrected chi connectivity index (χ4v) is 4.34. The van der Waals surface area contributed by atoms with E-state index in [4.69, 9.17) is 16.3 Å². The van der Waals surface area contributed by atoms with Crippen molar-refractivity contribution < 1.29 is 24.2 Å². The number of aliphatic carboxylic acids is 1. The van der Waals surface area contributed by atoms with Gasteiger partial charge < -0.3 is 14.7 Å². The van der Waals surface area contributed by atoms with Crippen LogP contribution in [0.2, 0.25) is 0 Å². The minimum Gasteiger partial charge on any atom is -0.480 e. The fourth-order valence-electron chi connectivity index (χ4n) is 4.34. The van der Waals surface area contributed by atoms with E-state index in [0.29, 0.717) is 11.3 Å². The standard InChI is InChI=1S/C28H24N2O5/c1-3-14-30(16-26(31)32)27(33)19-12-13-25(18(2)15-19)29-28(34)35-17-24-22-10-6-4-8-20(22)21-9-5-7-11-23(21)24/h1,4-13,15,24H,14,16-17H2,2H3,(H,29,34)(H,31,32). The van der Waals surface area contributed by atoms with Gasteiger partial charge in [-0.3, -0.25) is 14.9 Å². The molecular weight excluding hydrogens is 444 g/mol. The van der Waals surface area contributed by atoms with Crippen LogP contribution < -0.4 is 5.32 Å². The number of ether oxygens (including phenoxy) is 1. The van der Waals surface area contributed by atoms with Gasteiger partial charge in [0.25, 0.3) is 5.91 Å². The van der Waals surface area contributed by atoms with Gasteiger partial charge in [0.05, 0.1) is 6.54 Å². The summed E-state index contributed by atoms with van der Waals surface area (Å²) < 4.78 is 5.58. The molecule has 2 amide bonds. The number of nitrogens with one attached hydrogen (secondary N) is 1. The van der Waals surface area contributed by atoms with Crippen LogP contribution in [0.15, 0.2) is 66.7 Å². The highest BCUT2D eigenvalue weighted by Crippen LogP contribution is 2.44. The molecule has 0 aliphatic heterocycles. The van der Waals surface area contributed by atoms with Gasteiger partial charge in [-0.05, 0) is 52.9 Å². The van der Waals surface area contributed by atoms with E-state index in [2.05, 4.69) is 35.5 Å². The number of rotatable bonds is 7. The maximum absolute atomic E-state index is 12.7. The van der Waals surface area contributed by atoms with Gasteiger partial charge in [0.2, 0.25) is 0 Å². The molecule has 7 heteroatoms. The summed E-state index contributed by atoms with van der Waals surface area (Å²) in [6.45, 7) is 1.30. The lowest BCUT2D eigenvalue weighted by molar-refractivity contribution is -0.137. The number of fused-ring (bicyclic) bond motifs is 3. The third kappa shape index (κ3) is 5.02. The monoisotopic (exact) mass is 468 g/mol. The lowest BCUT2D eigenvalue weighted by atomic mass is 9.98. The SMILES string of the molecule is C#CCN(CC(=O)O)C(=O)c1ccc(NC(=O)OCC2c3ccccc3-c3ccccc32)c(C)c1. The number of carboxylic acids is 1. The molecule has 0 aromatic heterocycles. The Kier molecular flexibility index (Phi) is 6.83. The molecule has 0 radical (unpaired) electrons. The van der Waals surface area contributed by atoms with Crippen LogP contribution in [0, 0.1) is 19.3 Å². The summed E-state index contributed by atoms with van der Waals surface area (Å²) in [4.78, 5) is 37.3. The Hall–Kier alpha value is -4.57. The first-order chi connectivity index (χ1) is 16.9. The molecule has 176 valence electrons. The summed E-state index contributed by atoms with van der Waals surface area (Å²) in [7, 11) is 0. The number of aryl methyl sites for hydroxylation is 1. The lowest BCUT2D eigenvalue weighted by Crippen LogP contribution is -2.36. The molecule has 2 N–H and O–H groups in total. The van der Waals surface area contributed by atoms with Gasteiger partial charge in [-0.1, -0.05) is 54.5 Å². The molecular formula is C28H24N2O5. The molecule has 1 aliphatic carbocycles. The molecule has 35 heavy (non-hydrogen) atoms. The van der Waals surface area contributed by atoms with Crippen LogP contribution >= 0.6 is 0 Å². The number of anilines is 1. The predicted molar refractivity (Wildman–Crippen MR) is 132 cm³/mol. The first-order valence-electron chi connectivity index (χ1n) is 11.1. The Morgan fingerprint density at radius 2 is 1.66 bits per heavy atom. The molecule has 0 saturated heterocycles. The smallest absolute Gasteiger partial charge is 0.411 e. The maximum Gasteiger partial charge on any atom is 0.411 e. The van der Waals surface area contributed by atoms with Gasteiger partial charge in [-0.2, -0.15) is 0 Å². The fraction of sp³-hybridized carbons (Fsp3) is 0.179. The number of nitrogens with zero attached hydrogens (tertiary/aromatic N) is 1. The molecule has 0 saturated carbocycles. The van der Waals surface area contributed by atoms with Crippen molar-refractivity contribution in [2.45, 2.75) is 12.8 Å². The summed E-state index contributed by atoms with van der Waals surface area (Å²) in [6, 6.07) is 20.9. The number of hydrogen-bond acceptors (Lipinski definition) is 4. The molecule has 4 rings (SSSR count). The second kappa shape index (κ2) is 10.1. The van der Waals surface area contributed by atoms with Crippen molar-refractivity contribution in [3.63, 3.8) is 0 Å². The third-order valence-corrected chi connectivity index (χ3v) is 5.95. The Balaban J connectivity index is 1.42. The van der Waals surface area contributed by atoms with E-state index < -0.39 is 24.5 Å². The highest BCUT2D eigenvalue weighted by atomic mass is 16.5. The Labute approximate surface area is 203 Å². The Morgan fingerprint density at radius 1 is 1.03 bits per heavy atom. The number of amides is 2. The van der Waals surface area contributed by atoms with Crippen LogP contribution in [-0.4, -0.2) is 47.7 Å². The lowest BCUT2D eigenvalue weighted by Gasteiger charge is -2.19. The molecule has 0 fully saturated rings. The Morgan fingerprint density at radius 3 is 2.23 bits per heavy atom. The molecule has 7 nitrogen and oxygen atoms in total. The minimum atomic E-state index is -1.15. The Bertz CT molecular complexity index is 1300. The zero-order valence-electron chi connectivity index (χ0n) is 19.2. The van der Waals surface area contributed by atoms with E-state index in [1.54, 1.807) is 19.1 Å². The zero-order chi connectivity index (χ0) is 24.9. The number of carboxylic acid groups (broad SMARTS) is 1. The van der Waals surface area contributed by atoms with E-state index in [9.17, 15) is 14.4 Å². The quantitative estimate of drug-likeness (QED) is 0.497. The summed E-state index contributed by atoms with van der Waals surface area (Å²) in [5.74, 6) is 0.591. The van der Waals surface area contributed by atoms with Crippen molar-refractivity contribution >= 4 is 23.7 Å². The second-order valence-corrected chi connectivity index (χ2v) is 8.24. The van der Waals surface area contributed by atoms with Gasteiger partial charge >= 0.3 is 12.1 Å². The molecule has 1 aliphatic rings. The van der Waals surface area contributed by atoms with Crippen molar-refractivity contribution in [1.82, 2.24) is 4.90 Å². The number of hydrogen-bond donors (Lipinski definition) is 2. The first kappa shape index (κ1) is 23.6. The number of benzene rings is 3. The normalized spacial score (nSPS) is 11.7. The molecule has 3 aromatic carbocycles. The van der Waals surface area contributed by atoms with Crippen molar-refractivity contribution in [2.24, 2.45) is 0 Å². The van der Waals surface area contributed by atoms with E-state index in [0.717, 1.165) is 27.2 Å². The molecule has 0 atom stereocenters. The first-order valence-corrected chi connectivity index (χ1v) is 11.1. The van der Waals surface area contributed by atoms with Gasteiger partial charge in [0.15, 0.2) is 0 Å². The van der Waals surface area contributed by atoms with Gasteiger partial charge in [-0.25, -0.2) is 4.79 Å². The maximum atomic E-state index is 12.7. The largest absolute Gasteiger partial charge is 0.480 e. The summed E-state index contributed by atoms with van der Waals surface area (Å²) in [5.41, 5.74) is 5.93. The van der Waals surface area contributed by atoms with Crippen molar-refractivity contribution in [2.75, 3.05) is 25.0 Å². The average Bonchev–Trinajstić information content (AvgIpc) is 3.17. The topological polar surface area (TPSA) is 95.9 Å². The third-order valence-electron chi connectivity index (χ3n) is 5.95. The van der Waals surface area contributed by atoms with Crippen molar-refractivity contribution in [3.05, 3.63) is 89.0 Å². The van der Waals surface area contributed by atoms with Gasteiger partial charge in [0, 0.05) is 17.2 Å². The van der Waals surface area contributed by atoms with E-state index >= 15 is 0 Å². The van der Waals surface area contributed by atoms with Crippen LogP contribution in [0.25, 0.3) is 11.1 Å². The summed E-state index contributed by atoms with van der Waals surface area (Å²) in [5, 5.41) is 11.7. The van der Waals surface area contributed by atoms with Crippen molar-refractivity contribution in [1.29, 1.82) is 0 Å². The average molecular weight is 469 g/mol. The number of carbonyl (C=O) groups is 3. The van der Waals surface area contributed by atoms with E-state index in [1.165, 1.54) is 6.07 Å². The van der Waals surface area contributed by atoms with Crippen LogP contribution in [-0.2, 0) is 9.53 Å². The number of terminal acetylenes is 1. The zero-order valence-corrected chi connectivity index (χ0v) is 19.2. The van der Waals surface area contributed by atoms with Crippen LogP contribution in [0.3, 0.4) is 0 Å². The molecule has 0 heterocycles. The summed E-state index contributed by atoms with van der Waals surface area (Å²) >= 11 is 0. The molecule has 0 unspecified atom stereocenters. The molecule has 0 spiro atoms. The van der Waals surface area contributed by atoms with Crippen LogP contribution in [0.4, 0.5) is 10.5 Å². The van der Waals surface area contributed by atoms with E-state index in [1.807, 2.05) is 24.3 Å². The van der Waals surface area contributed by atoms with Crippen LogP contribution in [0.1, 0.15) is 33.0 Å². The predicted octanol–water partition coefficient (Wildman–Crippen LogP) is 4.52. The van der Waals surface area contributed by atoms with Crippen molar-refractivity contribution in [3.8, 4) is 23.5 Å². The van der Waals surface area contributed by atoms with Gasteiger partial charge in [0.1, 0.15) is 13.2 Å². The van der Waals surface area contributed by atoms with E-state index in [-0.39, 0.29) is 24.6 Å². The highest BCUT2D eigenvalue weighted by molar-refractivity contribution is 5.97. The van der Waals surface area contributed by atoms with Gasteiger partial charge in [-0.15, -0.1) is 6.42 Å². The van der Waals surface area contributed by atoms with Crippen LogP contribution in [0.5, 0.6) is 0 Å². The minimum absolute atomic E-state index is 0.0504. The summed E-state index contributed by atoms with van der Waals surface area (Å²) in [6.07, 6.45) is 4.66. The molecule has 0 bridgehead atoms. The second-order valence-electron chi connectivity index (χ2n) is 8.24. The number of carbonyl (C=O) groups excluding carboxylic acids is 2. The molecule has 3 aromatic rings. The highest BCUT2D eigenvalue weighted by Gasteiger charge is 2.29.